The second-order valence-electron chi connectivity index (χ2n) is 10.6. The second-order valence-corrected chi connectivity index (χ2v) is 10.6. The number of fused-ring (bicyclic) bond motifs is 1. The van der Waals surface area contributed by atoms with Gasteiger partial charge in [0.2, 0.25) is 0 Å². The average molecular weight is 512 g/mol. The zero-order valence-corrected chi connectivity index (χ0v) is 21.5. The second kappa shape index (κ2) is 12.3. The van der Waals surface area contributed by atoms with Gasteiger partial charge in [-0.3, -0.25) is 9.69 Å². The summed E-state index contributed by atoms with van der Waals surface area (Å²) in [5.41, 5.74) is 3.90. The lowest BCUT2D eigenvalue weighted by Gasteiger charge is -2.28. The van der Waals surface area contributed by atoms with Crippen molar-refractivity contribution < 1.29 is 23.8 Å². The third kappa shape index (κ3) is 6.48. The molecule has 2 N–H and O–H groups in total. The molecular formula is C29H38FN3O4. The Morgan fingerprint density at radius 2 is 2.19 bits per heavy atom. The minimum absolute atomic E-state index is 0.118. The van der Waals surface area contributed by atoms with Gasteiger partial charge in [0.1, 0.15) is 17.7 Å². The van der Waals surface area contributed by atoms with Gasteiger partial charge in [-0.25, -0.2) is 9.37 Å². The Labute approximate surface area is 218 Å². The molecule has 2 saturated heterocycles. The number of unbranched alkanes of at least 4 members (excludes halogenated alkanes) is 1. The van der Waals surface area contributed by atoms with Crippen LogP contribution in [0.5, 0.6) is 0 Å². The maximum atomic E-state index is 14.2. The lowest BCUT2D eigenvalue weighted by molar-refractivity contribution is -0.143. The highest BCUT2D eigenvalue weighted by Gasteiger charge is 2.36. The fraction of sp³-hybridized carbons (Fsp3) is 0.586. The molecule has 3 atom stereocenters. The van der Waals surface area contributed by atoms with E-state index in [1.54, 1.807) is 6.07 Å². The largest absolute Gasteiger partial charge is 0.480 e. The van der Waals surface area contributed by atoms with Gasteiger partial charge >= 0.3 is 5.97 Å². The molecule has 0 radical (unpaired) electrons. The number of benzene rings is 1. The van der Waals surface area contributed by atoms with Gasteiger partial charge in [-0.1, -0.05) is 12.1 Å². The number of anilines is 1. The first-order chi connectivity index (χ1) is 18.1. The first-order valence-corrected chi connectivity index (χ1v) is 13.7. The molecule has 7 nitrogen and oxygen atoms in total. The number of aryl methyl sites for hydroxylation is 2. The Bertz CT molecular complexity index is 1080. The summed E-state index contributed by atoms with van der Waals surface area (Å²) in [6.45, 7) is 4.83. The third-order valence-corrected chi connectivity index (χ3v) is 7.91. The maximum Gasteiger partial charge on any atom is 0.325 e. The van der Waals surface area contributed by atoms with E-state index in [-0.39, 0.29) is 11.8 Å². The number of halogens is 1. The molecule has 0 aliphatic carbocycles. The highest BCUT2D eigenvalue weighted by molar-refractivity contribution is 5.76. The lowest BCUT2D eigenvalue weighted by atomic mass is 9.89. The summed E-state index contributed by atoms with van der Waals surface area (Å²) in [5, 5.41) is 13.5. The SMILES string of the molecule is O=C(O)[C@@H](c1cc(F)ccc1[C@@H]1CCOC1)N1CC[C@@H](COCCCCc2ccc3c(n2)NCCC3)C1. The summed E-state index contributed by atoms with van der Waals surface area (Å²) >= 11 is 0. The number of carbonyl (C=O) groups is 1. The highest BCUT2D eigenvalue weighted by atomic mass is 19.1. The Hall–Kier alpha value is -2.55. The quantitative estimate of drug-likeness (QED) is 0.428. The number of hydrogen-bond acceptors (Lipinski definition) is 6. The zero-order chi connectivity index (χ0) is 25.6. The smallest absolute Gasteiger partial charge is 0.325 e. The number of nitrogens with zero attached hydrogens (tertiary/aromatic N) is 2. The van der Waals surface area contributed by atoms with E-state index < -0.39 is 17.8 Å². The topological polar surface area (TPSA) is 83.9 Å². The van der Waals surface area contributed by atoms with Crippen molar-refractivity contribution in [1.82, 2.24) is 9.88 Å². The van der Waals surface area contributed by atoms with E-state index >= 15 is 0 Å². The molecule has 0 bridgehead atoms. The molecule has 4 heterocycles. The van der Waals surface area contributed by atoms with E-state index in [2.05, 4.69) is 17.4 Å². The number of ether oxygens (including phenoxy) is 2. The van der Waals surface area contributed by atoms with E-state index in [1.807, 2.05) is 4.90 Å². The van der Waals surface area contributed by atoms with E-state index in [9.17, 15) is 14.3 Å². The third-order valence-electron chi connectivity index (χ3n) is 7.91. The first kappa shape index (κ1) is 26.1. The van der Waals surface area contributed by atoms with Crippen LogP contribution < -0.4 is 5.32 Å². The maximum absolute atomic E-state index is 14.2. The molecule has 1 aromatic carbocycles. The number of nitrogens with one attached hydrogen (secondary N) is 1. The Morgan fingerprint density at radius 1 is 1.27 bits per heavy atom. The minimum atomic E-state index is -0.932. The van der Waals surface area contributed by atoms with Crippen LogP contribution in [-0.4, -0.2) is 67.0 Å². The van der Waals surface area contributed by atoms with Crippen molar-refractivity contribution in [3.05, 3.63) is 58.5 Å². The number of carboxylic acids is 1. The van der Waals surface area contributed by atoms with Gasteiger partial charge in [-0.2, -0.15) is 0 Å². The van der Waals surface area contributed by atoms with Crippen LogP contribution in [0.2, 0.25) is 0 Å². The number of aliphatic carboxylic acids is 1. The van der Waals surface area contributed by atoms with Gasteiger partial charge in [0.25, 0.3) is 0 Å². The van der Waals surface area contributed by atoms with Crippen molar-refractivity contribution in [3.8, 4) is 0 Å². The van der Waals surface area contributed by atoms with Gasteiger partial charge < -0.3 is 19.9 Å². The predicted octanol–water partition coefficient (Wildman–Crippen LogP) is 4.57. The van der Waals surface area contributed by atoms with E-state index in [4.69, 9.17) is 14.5 Å². The van der Waals surface area contributed by atoms with Crippen molar-refractivity contribution >= 4 is 11.8 Å². The van der Waals surface area contributed by atoms with Crippen LogP contribution in [0.4, 0.5) is 10.2 Å². The van der Waals surface area contributed by atoms with Crippen LogP contribution in [0.3, 0.4) is 0 Å². The van der Waals surface area contributed by atoms with Gasteiger partial charge in [0.15, 0.2) is 0 Å². The number of aromatic nitrogens is 1. The summed E-state index contributed by atoms with van der Waals surface area (Å²) in [4.78, 5) is 19.1. The lowest BCUT2D eigenvalue weighted by Crippen LogP contribution is -2.34. The van der Waals surface area contributed by atoms with Gasteiger partial charge in [-0.05, 0) is 92.3 Å². The van der Waals surface area contributed by atoms with E-state index in [0.717, 1.165) is 62.1 Å². The van der Waals surface area contributed by atoms with Gasteiger partial charge in [0, 0.05) is 37.9 Å². The molecule has 8 heteroatoms. The molecule has 0 amide bonds. The molecule has 3 aliphatic heterocycles. The summed E-state index contributed by atoms with van der Waals surface area (Å²) < 4.78 is 25.7. The zero-order valence-electron chi connectivity index (χ0n) is 21.5. The van der Waals surface area contributed by atoms with Crippen molar-refractivity contribution in [2.24, 2.45) is 5.92 Å². The number of hydrogen-bond donors (Lipinski definition) is 2. The Kier molecular flexibility index (Phi) is 8.69. The molecule has 3 aliphatic rings. The number of likely N-dealkylation sites (tertiary alicyclic amines) is 1. The van der Waals surface area contributed by atoms with Crippen molar-refractivity contribution in [3.63, 3.8) is 0 Å². The van der Waals surface area contributed by atoms with Crippen LogP contribution in [0, 0.1) is 11.7 Å². The molecular weight excluding hydrogens is 473 g/mol. The molecule has 200 valence electrons. The normalized spacial score (nSPS) is 22.5. The summed E-state index contributed by atoms with van der Waals surface area (Å²) in [6.07, 6.45) is 6.93. The van der Waals surface area contributed by atoms with Crippen molar-refractivity contribution in [1.29, 1.82) is 0 Å². The molecule has 1 aromatic heterocycles. The van der Waals surface area contributed by atoms with Crippen LogP contribution >= 0.6 is 0 Å². The molecule has 0 saturated carbocycles. The van der Waals surface area contributed by atoms with Crippen molar-refractivity contribution in [2.75, 3.05) is 51.4 Å². The van der Waals surface area contributed by atoms with Gasteiger partial charge in [0.05, 0.1) is 13.2 Å². The fourth-order valence-electron chi connectivity index (χ4n) is 5.92. The van der Waals surface area contributed by atoms with Gasteiger partial charge in [-0.15, -0.1) is 0 Å². The molecule has 37 heavy (non-hydrogen) atoms. The Balaban J connectivity index is 1.08. The summed E-state index contributed by atoms with van der Waals surface area (Å²) in [5.74, 6) is 0.115. The van der Waals surface area contributed by atoms with Crippen LogP contribution in [0.25, 0.3) is 0 Å². The summed E-state index contributed by atoms with van der Waals surface area (Å²) in [7, 11) is 0. The monoisotopic (exact) mass is 511 g/mol. The molecule has 2 fully saturated rings. The van der Waals surface area contributed by atoms with E-state index in [0.29, 0.717) is 45.1 Å². The summed E-state index contributed by atoms with van der Waals surface area (Å²) in [6, 6.07) is 8.06. The number of rotatable bonds is 11. The minimum Gasteiger partial charge on any atom is -0.480 e. The van der Waals surface area contributed by atoms with Crippen molar-refractivity contribution in [2.45, 2.75) is 56.9 Å². The number of pyridine rings is 1. The predicted molar refractivity (Wildman–Crippen MR) is 139 cm³/mol. The number of carboxylic acid groups (broad SMARTS) is 1. The fourth-order valence-corrected chi connectivity index (χ4v) is 5.92. The Morgan fingerprint density at radius 3 is 3.03 bits per heavy atom. The molecule has 2 aromatic rings. The van der Waals surface area contributed by atoms with Crippen LogP contribution in [0.15, 0.2) is 30.3 Å². The molecule has 5 rings (SSSR count). The molecule has 0 unspecified atom stereocenters. The van der Waals surface area contributed by atoms with E-state index in [1.165, 1.54) is 24.1 Å². The standard InChI is InChI=1S/C29H38FN3O4/c30-23-7-9-25(22-11-15-37-19-22)26(16-23)27(29(34)35)33-13-10-20(17-33)18-36-14-2-1-5-24-8-6-21-4-3-12-31-28(21)32-24/h6-9,16,20,22,27H,1-5,10-15,17-19H2,(H,31,32)(H,34,35)/t20-,22-,27-/m1/s1. The van der Waals surface area contributed by atoms with Crippen LogP contribution in [-0.2, 0) is 27.1 Å². The highest BCUT2D eigenvalue weighted by Crippen LogP contribution is 2.36. The van der Waals surface area contributed by atoms with Crippen LogP contribution in [0.1, 0.15) is 66.4 Å². The molecule has 0 spiro atoms. The first-order valence-electron chi connectivity index (χ1n) is 13.7. The average Bonchev–Trinajstić information content (AvgIpc) is 3.59.